The molecule has 0 saturated carbocycles. The summed E-state index contributed by atoms with van der Waals surface area (Å²) in [5.74, 6) is 0.891. The van der Waals surface area contributed by atoms with Gasteiger partial charge in [0, 0.05) is 19.4 Å². The number of rotatable bonds is 7. The summed E-state index contributed by atoms with van der Waals surface area (Å²) in [5, 5.41) is 0. The molecule has 0 aromatic carbocycles. The van der Waals surface area contributed by atoms with Gasteiger partial charge in [-0.3, -0.25) is 4.79 Å². The molecule has 0 spiro atoms. The van der Waals surface area contributed by atoms with E-state index in [0.29, 0.717) is 37.3 Å². The molecule has 2 nitrogen and oxygen atoms in total. The number of ketones is 1. The van der Waals surface area contributed by atoms with Gasteiger partial charge in [0.05, 0.1) is 6.10 Å². The molecule has 1 atom stereocenters. The molecule has 0 heterocycles. The molecule has 0 amide bonds. The van der Waals surface area contributed by atoms with Crippen molar-refractivity contribution >= 4 is 5.78 Å². The fourth-order valence-electron chi connectivity index (χ4n) is 0.908. The van der Waals surface area contributed by atoms with E-state index in [1.807, 2.05) is 6.92 Å². The lowest BCUT2D eigenvalue weighted by Crippen LogP contribution is -2.16. The second-order valence-electron chi connectivity index (χ2n) is 3.82. The van der Waals surface area contributed by atoms with Gasteiger partial charge in [-0.2, -0.15) is 0 Å². The van der Waals surface area contributed by atoms with Gasteiger partial charge in [-0.1, -0.05) is 20.8 Å². The molecule has 0 fully saturated rings. The van der Waals surface area contributed by atoms with Crippen LogP contribution in [0.15, 0.2) is 0 Å². The third-order valence-corrected chi connectivity index (χ3v) is 2.31. The van der Waals surface area contributed by atoms with Crippen molar-refractivity contribution in [3.8, 4) is 0 Å². The van der Waals surface area contributed by atoms with E-state index in [1.54, 1.807) is 0 Å². The van der Waals surface area contributed by atoms with Gasteiger partial charge >= 0.3 is 0 Å². The van der Waals surface area contributed by atoms with E-state index in [1.165, 1.54) is 0 Å². The van der Waals surface area contributed by atoms with Crippen molar-refractivity contribution in [3.05, 3.63) is 0 Å². The normalized spacial score (nSPS) is 13.3. The second-order valence-corrected chi connectivity index (χ2v) is 3.82. The van der Waals surface area contributed by atoms with Crippen molar-refractivity contribution < 1.29 is 9.53 Å². The van der Waals surface area contributed by atoms with E-state index in [-0.39, 0.29) is 0 Å². The Morgan fingerprint density at radius 3 is 2.38 bits per heavy atom. The van der Waals surface area contributed by atoms with Crippen molar-refractivity contribution in [2.45, 2.75) is 53.1 Å². The molecule has 0 radical (unpaired) electrons. The Kier molecular flexibility index (Phi) is 6.87. The van der Waals surface area contributed by atoms with Gasteiger partial charge in [-0.15, -0.1) is 0 Å². The first-order valence-electron chi connectivity index (χ1n) is 5.21. The van der Waals surface area contributed by atoms with Crippen LogP contribution in [0.25, 0.3) is 0 Å². The lowest BCUT2D eigenvalue weighted by Gasteiger charge is -2.16. The lowest BCUT2D eigenvalue weighted by molar-refractivity contribution is -0.119. The van der Waals surface area contributed by atoms with Crippen LogP contribution in [-0.4, -0.2) is 18.5 Å². The summed E-state index contributed by atoms with van der Waals surface area (Å²) in [5.41, 5.74) is 0. The fraction of sp³-hybridized carbons (Fsp3) is 0.909. The summed E-state index contributed by atoms with van der Waals surface area (Å²) in [6.07, 6.45) is 2.49. The fourth-order valence-corrected chi connectivity index (χ4v) is 0.908. The van der Waals surface area contributed by atoms with Gasteiger partial charge < -0.3 is 4.74 Å². The Hall–Kier alpha value is -0.370. The molecule has 0 rings (SSSR count). The van der Waals surface area contributed by atoms with Gasteiger partial charge in [-0.25, -0.2) is 0 Å². The largest absolute Gasteiger partial charge is 0.378 e. The van der Waals surface area contributed by atoms with E-state index in [9.17, 15) is 4.79 Å². The topological polar surface area (TPSA) is 26.3 Å². The van der Waals surface area contributed by atoms with Crippen molar-refractivity contribution in [1.82, 2.24) is 0 Å². The third-order valence-electron chi connectivity index (χ3n) is 2.31. The highest BCUT2D eigenvalue weighted by atomic mass is 16.5. The van der Waals surface area contributed by atoms with E-state index in [4.69, 9.17) is 4.74 Å². The van der Waals surface area contributed by atoms with Crippen molar-refractivity contribution in [1.29, 1.82) is 0 Å². The Morgan fingerprint density at radius 2 is 1.92 bits per heavy atom. The van der Waals surface area contributed by atoms with Crippen LogP contribution in [0.1, 0.15) is 47.0 Å². The first kappa shape index (κ1) is 12.6. The Labute approximate surface area is 81.7 Å². The minimum Gasteiger partial charge on any atom is -0.378 e. The molecule has 0 saturated heterocycles. The number of hydrogen-bond donors (Lipinski definition) is 0. The molecular formula is C11H22O2. The SMILES string of the molecule is CCC(=O)CCCOC(C)C(C)C. The smallest absolute Gasteiger partial charge is 0.132 e. The highest BCUT2D eigenvalue weighted by molar-refractivity contribution is 5.77. The molecule has 0 aliphatic rings. The Morgan fingerprint density at radius 1 is 1.31 bits per heavy atom. The molecule has 13 heavy (non-hydrogen) atoms. The summed E-state index contributed by atoms with van der Waals surface area (Å²) < 4.78 is 5.55. The maximum Gasteiger partial charge on any atom is 0.132 e. The number of ether oxygens (including phenoxy) is 1. The average Bonchev–Trinajstić information content (AvgIpc) is 2.11. The number of hydrogen-bond acceptors (Lipinski definition) is 2. The summed E-state index contributed by atoms with van der Waals surface area (Å²) in [6.45, 7) is 8.97. The zero-order valence-electron chi connectivity index (χ0n) is 9.30. The zero-order valence-corrected chi connectivity index (χ0v) is 9.30. The van der Waals surface area contributed by atoms with Crippen LogP contribution in [0.4, 0.5) is 0 Å². The zero-order chi connectivity index (χ0) is 10.3. The average molecular weight is 186 g/mol. The van der Waals surface area contributed by atoms with Crippen LogP contribution in [0, 0.1) is 5.92 Å². The molecule has 0 aromatic rings. The minimum atomic E-state index is 0.303. The first-order chi connectivity index (χ1) is 6.07. The molecular weight excluding hydrogens is 164 g/mol. The third kappa shape index (κ3) is 6.76. The van der Waals surface area contributed by atoms with Gasteiger partial charge in [0.25, 0.3) is 0 Å². The van der Waals surface area contributed by atoms with Crippen LogP contribution in [0.2, 0.25) is 0 Å². The number of carbonyl (C=O) groups is 1. The molecule has 78 valence electrons. The number of Topliss-reactive ketones (excluding diaryl/α,β-unsaturated/α-hetero) is 1. The Balaban J connectivity index is 3.30. The molecule has 1 unspecified atom stereocenters. The van der Waals surface area contributed by atoms with Crippen LogP contribution < -0.4 is 0 Å². The predicted octanol–water partition coefficient (Wildman–Crippen LogP) is 2.81. The monoisotopic (exact) mass is 186 g/mol. The highest BCUT2D eigenvalue weighted by Crippen LogP contribution is 2.06. The molecule has 0 aliphatic heterocycles. The molecule has 2 heteroatoms. The maximum absolute atomic E-state index is 10.9. The van der Waals surface area contributed by atoms with Gasteiger partial charge in [0.2, 0.25) is 0 Å². The first-order valence-corrected chi connectivity index (χ1v) is 5.21. The van der Waals surface area contributed by atoms with E-state index in [0.717, 1.165) is 6.42 Å². The van der Waals surface area contributed by atoms with E-state index >= 15 is 0 Å². The quantitative estimate of drug-likeness (QED) is 0.571. The number of carbonyl (C=O) groups excluding carboxylic acids is 1. The van der Waals surface area contributed by atoms with Crippen LogP contribution in [0.3, 0.4) is 0 Å². The van der Waals surface area contributed by atoms with E-state index < -0.39 is 0 Å². The van der Waals surface area contributed by atoms with E-state index in [2.05, 4.69) is 20.8 Å². The van der Waals surface area contributed by atoms with Crippen molar-refractivity contribution in [3.63, 3.8) is 0 Å². The summed E-state index contributed by atoms with van der Waals surface area (Å²) in [7, 11) is 0. The minimum absolute atomic E-state index is 0.303. The van der Waals surface area contributed by atoms with Gasteiger partial charge in [0.15, 0.2) is 0 Å². The molecule has 0 aliphatic carbocycles. The Bertz CT molecular complexity index is 141. The van der Waals surface area contributed by atoms with Crippen molar-refractivity contribution in [2.75, 3.05) is 6.61 Å². The van der Waals surface area contributed by atoms with Crippen LogP contribution in [0.5, 0.6) is 0 Å². The molecule has 0 N–H and O–H groups in total. The maximum atomic E-state index is 10.9. The van der Waals surface area contributed by atoms with Crippen molar-refractivity contribution in [2.24, 2.45) is 5.92 Å². The standard InChI is InChI=1S/C11H22O2/c1-5-11(12)7-6-8-13-10(4)9(2)3/h9-10H,5-8H2,1-4H3. The predicted molar refractivity (Wildman–Crippen MR) is 54.8 cm³/mol. The second kappa shape index (κ2) is 7.07. The van der Waals surface area contributed by atoms with Crippen LogP contribution in [-0.2, 0) is 9.53 Å². The summed E-state index contributed by atoms with van der Waals surface area (Å²) in [6, 6.07) is 0. The summed E-state index contributed by atoms with van der Waals surface area (Å²) >= 11 is 0. The molecule has 0 aromatic heterocycles. The van der Waals surface area contributed by atoms with Gasteiger partial charge in [0.1, 0.15) is 5.78 Å². The van der Waals surface area contributed by atoms with Gasteiger partial charge in [-0.05, 0) is 19.3 Å². The lowest BCUT2D eigenvalue weighted by atomic mass is 10.1. The molecule has 0 bridgehead atoms. The summed E-state index contributed by atoms with van der Waals surface area (Å²) in [4.78, 5) is 10.9. The van der Waals surface area contributed by atoms with Crippen LogP contribution >= 0.6 is 0 Å². The highest BCUT2D eigenvalue weighted by Gasteiger charge is 2.06.